The summed E-state index contributed by atoms with van der Waals surface area (Å²) < 4.78 is 38.6. The average molecular weight is 367 g/mol. The molecule has 2 nitrogen and oxygen atoms in total. The third-order valence-electron chi connectivity index (χ3n) is 2.73. The molecule has 0 amide bonds. The van der Waals surface area contributed by atoms with E-state index in [9.17, 15) is 13.2 Å². The molecule has 0 unspecified atom stereocenters. The van der Waals surface area contributed by atoms with E-state index in [2.05, 4.69) is 40.1 Å². The van der Waals surface area contributed by atoms with E-state index in [1.807, 2.05) is 0 Å². The maximum Gasteiger partial charge on any atom is 0.416 e. The van der Waals surface area contributed by atoms with Crippen LogP contribution >= 0.6 is 27.7 Å². The largest absolute Gasteiger partial charge is 0.416 e. The van der Waals surface area contributed by atoms with Gasteiger partial charge in [0, 0.05) is 22.5 Å². The number of aliphatic imine (C=N–C) groups is 1. The lowest BCUT2D eigenvalue weighted by Crippen LogP contribution is -2.27. The van der Waals surface area contributed by atoms with Crippen molar-refractivity contribution in [1.29, 1.82) is 0 Å². The fraction of sp³-hybridized carbons (Fsp3) is 0.462. The molecule has 0 spiro atoms. The van der Waals surface area contributed by atoms with Crippen molar-refractivity contribution in [3.8, 4) is 0 Å². The molecule has 0 atom stereocenters. The van der Waals surface area contributed by atoms with Crippen molar-refractivity contribution < 1.29 is 13.2 Å². The van der Waals surface area contributed by atoms with E-state index in [0.717, 1.165) is 17.9 Å². The SMILES string of the molecule is CC1(C)CN=C(Nc2cc(Br)cc(C(F)(F)F)c2)SC1. The van der Waals surface area contributed by atoms with Crippen molar-refractivity contribution in [1.82, 2.24) is 0 Å². The van der Waals surface area contributed by atoms with Crippen LogP contribution in [0.1, 0.15) is 19.4 Å². The Bertz CT molecular complexity index is 541. The molecule has 0 saturated carbocycles. The molecule has 2 rings (SSSR count). The summed E-state index contributed by atoms with van der Waals surface area (Å²) in [6, 6.07) is 3.76. The molecule has 0 aromatic heterocycles. The fourth-order valence-corrected chi connectivity index (χ4v) is 3.12. The highest BCUT2D eigenvalue weighted by atomic mass is 79.9. The number of nitrogens with one attached hydrogen (secondary N) is 1. The van der Waals surface area contributed by atoms with Crippen molar-refractivity contribution in [3.05, 3.63) is 28.2 Å². The summed E-state index contributed by atoms with van der Waals surface area (Å²) in [4.78, 5) is 4.37. The lowest BCUT2D eigenvalue weighted by Gasteiger charge is -2.27. The molecule has 1 aliphatic heterocycles. The Labute approximate surface area is 128 Å². The fourth-order valence-electron chi connectivity index (χ4n) is 1.67. The van der Waals surface area contributed by atoms with Crippen LogP contribution in [0.25, 0.3) is 0 Å². The molecule has 0 saturated heterocycles. The molecule has 1 aromatic rings. The number of hydrogen-bond donors (Lipinski definition) is 1. The van der Waals surface area contributed by atoms with Gasteiger partial charge in [0.05, 0.1) is 5.56 Å². The first-order chi connectivity index (χ1) is 9.16. The molecule has 20 heavy (non-hydrogen) atoms. The van der Waals surface area contributed by atoms with Crippen molar-refractivity contribution in [2.24, 2.45) is 10.4 Å². The van der Waals surface area contributed by atoms with Gasteiger partial charge in [0.1, 0.15) is 0 Å². The number of hydrogen-bond acceptors (Lipinski definition) is 3. The van der Waals surface area contributed by atoms with Crippen LogP contribution in [0, 0.1) is 5.41 Å². The van der Waals surface area contributed by atoms with E-state index in [1.54, 1.807) is 6.07 Å². The zero-order chi connectivity index (χ0) is 15.0. The molecule has 110 valence electrons. The highest BCUT2D eigenvalue weighted by Crippen LogP contribution is 2.34. The number of nitrogens with zero attached hydrogens (tertiary/aromatic N) is 1. The van der Waals surface area contributed by atoms with E-state index in [1.165, 1.54) is 11.8 Å². The summed E-state index contributed by atoms with van der Waals surface area (Å²) in [5.74, 6) is 0.888. The zero-order valence-corrected chi connectivity index (χ0v) is 13.4. The minimum atomic E-state index is -4.36. The Morgan fingerprint density at radius 3 is 2.55 bits per heavy atom. The molecule has 0 radical (unpaired) electrons. The van der Waals surface area contributed by atoms with Gasteiger partial charge in [-0.2, -0.15) is 13.2 Å². The summed E-state index contributed by atoms with van der Waals surface area (Å²) >= 11 is 4.63. The Hall–Kier alpha value is -0.690. The summed E-state index contributed by atoms with van der Waals surface area (Å²) in [7, 11) is 0. The van der Waals surface area contributed by atoms with E-state index >= 15 is 0 Å². The van der Waals surface area contributed by atoms with Crippen molar-refractivity contribution >= 4 is 38.5 Å². The van der Waals surface area contributed by atoms with E-state index in [0.29, 0.717) is 21.9 Å². The van der Waals surface area contributed by atoms with Crippen molar-refractivity contribution in [2.45, 2.75) is 20.0 Å². The van der Waals surface area contributed by atoms with Gasteiger partial charge in [0.15, 0.2) is 5.17 Å². The van der Waals surface area contributed by atoms with Crippen molar-refractivity contribution in [2.75, 3.05) is 17.6 Å². The van der Waals surface area contributed by atoms with Crippen molar-refractivity contribution in [3.63, 3.8) is 0 Å². The maximum atomic E-state index is 12.7. The third kappa shape index (κ3) is 4.15. The van der Waals surface area contributed by atoms with Gasteiger partial charge >= 0.3 is 6.18 Å². The number of anilines is 1. The Morgan fingerprint density at radius 1 is 1.30 bits per heavy atom. The van der Waals surface area contributed by atoms with Gasteiger partial charge in [0.2, 0.25) is 0 Å². The predicted octanol–water partition coefficient (Wildman–Crippen LogP) is 5.01. The van der Waals surface area contributed by atoms with E-state index < -0.39 is 11.7 Å². The highest BCUT2D eigenvalue weighted by Gasteiger charge is 2.31. The lowest BCUT2D eigenvalue weighted by molar-refractivity contribution is -0.137. The minimum Gasteiger partial charge on any atom is -0.335 e. The number of amidine groups is 1. The maximum absolute atomic E-state index is 12.7. The van der Waals surface area contributed by atoms with Gasteiger partial charge in [-0.3, -0.25) is 4.99 Å². The molecule has 0 aliphatic carbocycles. The van der Waals surface area contributed by atoms with Crippen LogP contribution in [-0.2, 0) is 6.18 Å². The van der Waals surface area contributed by atoms with Gasteiger partial charge in [-0.15, -0.1) is 0 Å². The van der Waals surface area contributed by atoms with Crippen LogP contribution in [0.3, 0.4) is 0 Å². The molecule has 1 N–H and O–H groups in total. The number of benzene rings is 1. The van der Waals surface area contributed by atoms with Gasteiger partial charge in [-0.05, 0) is 23.6 Å². The second-order valence-corrected chi connectivity index (χ2v) is 7.31. The Balaban J connectivity index is 2.18. The van der Waals surface area contributed by atoms with Gasteiger partial charge < -0.3 is 5.32 Å². The Morgan fingerprint density at radius 2 is 2.00 bits per heavy atom. The molecular weight excluding hydrogens is 353 g/mol. The van der Waals surface area contributed by atoms with Crippen LogP contribution in [0.5, 0.6) is 0 Å². The predicted molar refractivity (Wildman–Crippen MR) is 81.3 cm³/mol. The first-order valence-corrected chi connectivity index (χ1v) is 7.76. The van der Waals surface area contributed by atoms with Crippen LogP contribution in [-0.4, -0.2) is 17.5 Å². The Kier molecular flexibility index (Phi) is 4.39. The quantitative estimate of drug-likeness (QED) is 0.755. The minimum absolute atomic E-state index is 0.129. The summed E-state index contributed by atoms with van der Waals surface area (Å²) in [5, 5.41) is 3.62. The topological polar surface area (TPSA) is 24.4 Å². The van der Waals surface area contributed by atoms with Crippen LogP contribution in [0.4, 0.5) is 18.9 Å². The van der Waals surface area contributed by atoms with E-state index in [-0.39, 0.29) is 5.41 Å². The lowest BCUT2D eigenvalue weighted by atomic mass is 9.97. The van der Waals surface area contributed by atoms with E-state index in [4.69, 9.17) is 0 Å². The van der Waals surface area contributed by atoms with Crippen LogP contribution in [0.15, 0.2) is 27.7 Å². The number of halogens is 4. The molecule has 0 bridgehead atoms. The second kappa shape index (κ2) is 5.60. The normalized spacial score (nSPS) is 18.6. The standard InChI is InChI=1S/C13H14BrF3N2S/c1-12(2)6-18-11(20-7-12)19-10-4-8(13(15,16)17)3-9(14)5-10/h3-5H,6-7H2,1-2H3,(H,18,19). The zero-order valence-electron chi connectivity index (χ0n) is 11.0. The van der Waals surface area contributed by atoms with Gasteiger partial charge in [0.25, 0.3) is 0 Å². The number of thioether (sulfide) groups is 1. The molecular formula is C13H14BrF3N2S. The molecule has 1 aliphatic rings. The molecule has 1 heterocycles. The first kappa shape index (κ1) is 15.7. The average Bonchev–Trinajstić information content (AvgIpc) is 2.30. The summed E-state index contributed by atoms with van der Waals surface area (Å²) in [6.45, 7) is 4.89. The number of alkyl halides is 3. The second-order valence-electron chi connectivity index (χ2n) is 5.43. The van der Waals surface area contributed by atoms with Crippen LogP contribution < -0.4 is 5.32 Å². The molecule has 0 fully saturated rings. The summed E-state index contributed by atoms with van der Waals surface area (Å²) in [6.07, 6.45) is -4.36. The molecule has 1 aromatic carbocycles. The molecule has 7 heteroatoms. The van der Waals surface area contributed by atoms with Gasteiger partial charge in [-0.1, -0.05) is 41.5 Å². The smallest absolute Gasteiger partial charge is 0.335 e. The first-order valence-electron chi connectivity index (χ1n) is 5.98. The van der Waals surface area contributed by atoms with Gasteiger partial charge in [-0.25, -0.2) is 0 Å². The van der Waals surface area contributed by atoms with Crippen LogP contribution in [0.2, 0.25) is 0 Å². The number of rotatable bonds is 1. The third-order valence-corrected chi connectivity index (χ3v) is 4.61. The monoisotopic (exact) mass is 366 g/mol. The summed E-state index contributed by atoms with van der Waals surface area (Å²) in [5.41, 5.74) is -0.168. The highest BCUT2D eigenvalue weighted by molar-refractivity contribution is 9.10.